The number of aliphatic carboxylic acids is 1. The van der Waals surface area contributed by atoms with Crippen LogP contribution in [0, 0.1) is 0 Å². The SMILES string of the molecule is CC/C=C\C/C=C\C/C=C\C/C=C\CCCCCCCCC(=O)OCC(COC1OC(C(=O)O)C(O)C(O)C1OC(=O)CC/C=C\C/C=C\C/C=C\C/C=C\CC)OC(=O)CCCCCCC/C=C\C/C=C\CCC. The predicted octanol–water partition coefficient (Wildman–Crippen LogP) is 14.4. The molecular weight excluding hydrogens is 949 g/mol. The quantitative estimate of drug-likeness (QED) is 0.0228. The number of aliphatic hydroxyl groups excluding tert-OH is 2. The number of carboxylic acid groups (broad SMARTS) is 1. The highest BCUT2D eigenvalue weighted by atomic mass is 16.7. The monoisotopic (exact) mass is 1050 g/mol. The van der Waals surface area contributed by atoms with E-state index in [4.69, 9.17) is 23.7 Å². The smallest absolute Gasteiger partial charge is 0.335 e. The predicted molar refractivity (Wildman–Crippen MR) is 303 cm³/mol. The second-order valence-electron chi connectivity index (χ2n) is 18.8. The molecule has 1 saturated heterocycles. The zero-order chi connectivity index (χ0) is 54.7. The van der Waals surface area contributed by atoms with Gasteiger partial charge in [-0.25, -0.2) is 4.79 Å². The number of carbonyl (C=O) groups excluding carboxylic acids is 3. The van der Waals surface area contributed by atoms with Crippen molar-refractivity contribution >= 4 is 23.9 Å². The fourth-order valence-corrected chi connectivity index (χ4v) is 7.70. The zero-order valence-corrected chi connectivity index (χ0v) is 46.2. The maximum atomic E-state index is 13.1. The fourth-order valence-electron chi connectivity index (χ4n) is 7.70. The van der Waals surface area contributed by atoms with E-state index in [-0.39, 0.29) is 25.9 Å². The van der Waals surface area contributed by atoms with Crippen LogP contribution in [0.25, 0.3) is 0 Å². The van der Waals surface area contributed by atoms with Gasteiger partial charge in [0.05, 0.1) is 6.61 Å². The second-order valence-corrected chi connectivity index (χ2v) is 18.8. The summed E-state index contributed by atoms with van der Waals surface area (Å²) < 4.78 is 28.3. The first-order valence-electron chi connectivity index (χ1n) is 28.5. The molecule has 0 spiro atoms. The van der Waals surface area contributed by atoms with Gasteiger partial charge in [-0.3, -0.25) is 14.4 Å². The summed E-state index contributed by atoms with van der Waals surface area (Å²) in [6.07, 6.45) is 56.2. The van der Waals surface area contributed by atoms with Crippen molar-refractivity contribution in [3.8, 4) is 0 Å². The zero-order valence-electron chi connectivity index (χ0n) is 46.2. The van der Waals surface area contributed by atoms with Gasteiger partial charge in [0.2, 0.25) is 0 Å². The molecule has 0 aliphatic carbocycles. The average molecular weight is 1050 g/mol. The van der Waals surface area contributed by atoms with E-state index >= 15 is 0 Å². The Morgan fingerprint density at radius 3 is 1.33 bits per heavy atom. The third-order valence-electron chi connectivity index (χ3n) is 12.0. The average Bonchev–Trinajstić information content (AvgIpc) is 3.39. The van der Waals surface area contributed by atoms with Gasteiger partial charge in [0, 0.05) is 19.3 Å². The molecule has 0 radical (unpaired) electrons. The molecular formula is C63H98O12. The van der Waals surface area contributed by atoms with Gasteiger partial charge < -0.3 is 39.0 Å². The number of hydrogen-bond donors (Lipinski definition) is 3. The van der Waals surface area contributed by atoms with Gasteiger partial charge >= 0.3 is 23.9 Å². The molecule has 6 unspecified atom stereocenters. The molecule has 0 aromatic rings. The summed E-state index contributed by atoms with van der Waals surface area (Å²) in [5.41, 5.74) is 0. The molecule has 12 nitrogen and oxygen atoms in total. The molecule has 1 aliphatic rings. The van der Waals surface area contributed by atoms with E-state index in [1.54, 1.807) is 0 Å². The second kappa shape index (κ2) is 50.0. The van der Waals surface area contributed by atoms with Gasteiger partial charge in [0.15, 0.2) is 24.6 Å². The van der Waals surface area contributed by atoms with Crippen molar-refractivity contribution in [2.75, 3.05) is 13.2 Å². The lowest BCUT2D eigenvalue weighted by molar-refractivity contribution is -0.301. The van der Waals surface area contributed by atoms with Crippen molar-refractivity contribution < 1.29 is 58.2 Å². The Morgan fingerprint density at radius 1 is 0.453 bits per heavy atom. The molecule has 1 rings (SSSR count). The van der Waals surface area contributed by atoms with Crippen LogP contribution < -0.4 is 0 Å². The van der Waals surface area contributed by atoms with E-state index in [0.29, 0.717) is 25.7 Å². The van der Waals surface area contributed by atoms with Crippen LogP contribution in [0.4, 0.5) is 0 Å². The minimum absolute atomic E-state index is 0.0699. The van der Waals surface area contributed by atoms with Crippen molar-refractivity contribution in [2.45, 2.75) is 237 Å². The Balaban J connectivity index is 2.74. The summed E-state index contributed by atoms with van der Waals surface area (Å²) in [6, 6.07) is 0. The summed E-state index contributed by atoms with van der Waals surface area (Å²) >= 11 is 0. The van der Waals surface area contributed by atoms with Crippen molar-refractivity contribution in [1.82, 2.24) is 0 Å². The Morgan fingerprint density at radius 2 is 0.867 bits per heavy atom. The number of hydrogen-bond acceptors (Lipinski definition) is 11. The van der Waals surface area contributed by atoms with Gasteiger partial charge in [-0.2, -0.15) is 0 Å². The number of rotatable bonds is 46. The summed E-state index contributed by atoms with van der Waals surface area (Å²) in [5, 5.41) is 31.4. The van der Waals surface area contributed by atoms with Gasteiger partial charge in [0.25, 0.3) is 0 Å². The Bertz CT molecular complexity index is 1770. The minimum atomic E-state index is -1.94. The van der Waals surface area contributed by atoms with Crippen LogP contribution in [-0.4, -0.2) is 89.2 Å². The van der Waals surface area contributed by atoms with Crippen LogP contribution in [0.5, 0.6) is 0 Å². The Labute approximate surface area is 452 Å². The van der Waals surface area contributed by atoms with E-state index < -0.39 is 67.3 Å². The molecule has 6 atom stereocenters. The number of unbranched alkanes of at least 4 members (excludes halogenated alkanes) is 12. The highest BCUT2D eigenvalue weighted by Crippen LogP contribution is 2.26. The topological polar surface area (TPSA) is 175 Å². The van der Waals surface area contributed by atoms with Crippen molar-refractivity contribution in [3.05, 3.63) is 122 Å². The number of ether oxygens (including phenoxy) is 5. The molecule has 422 valence electrons. The maximum absolute atomic E-state index is 13.1. The van der Waals surface area contributed by atoms with E-state index in [9.17, 15) is 34.5 Å². The molecule has 0 amide bonds. The number of allylic oxidation sites excluding steroid dienone is 20. The molecule has 1 fully saturated rings. The number of esters is 3. The highest BCUT2D eigenvalue weighted by Gasteiger charge is 2.50. The molecule has 0 aromatic heterocycles. The highest BCUT2D eigenvalue weighted by molar-refractivity contribution is 5.74. The summed E-state index contributed by atoms with van der Waals surface area (Å²) in [4.78, 5) is 51.0. The number of aliphatic hydroxyl groups is 2. The Kier molecular flexibility index (Phi) is 45.4. The maximum Gasteiger partial charge on any atom is 0.335 e. The van der Waals surface area contributed by atoms with Gasteiger partial charge in [-0.1, -0.05) is 194 Å². The first-order chi connectivity index (χ1) is 36.6. The van der Waals surface area contributed by atoms with Gasteiger partial charge in [0.1, 0.15) is 18.8 Å². The minimum Gasteiger partial charge on any atom is -0.479 e. The van der Waals surface area contributed by atoms with Crippen LogP contribution in [0.15, 0.2) is 122 Å². The van der Waals surface area contributed by atoms with Crippen LogP contribution in [-0.2, 0) is 42.9 Å². The lowest BCUT2D eigenvalue weighted by atomic mass is 9.98. The van der Waals surface area contributed by atoms with Gasteiger partial charge in [-0.15, -0.1) is 0 Å². The fraction of sp³-hybridized carbons (Fsp3) is 0.619. The molecule has 0 bridgehead atoms. The number of carboxylic acids is 1. The first kappa shape index (κ1) is 68.1. The molecule has 1 heterocycles. The van der Waals surface area contributed by atoms with E-state index in [0.717, 1.165) is 135 Å². The van der Waals surface area contributed by atoms with E-state index in [2.05, 4.69) is 124 Å². The first-order valence-corrected chi connectivity index (χ1v) is 28.5. The summed E-state index contributed by atoms with van der Waals surface area (Å²) in [7, 11) is 0. The standard InChI is InChI=1S/C63H98O12/c1-4-7-10-13-16-19-22-25-26-27-28-29-30-33-34-37-40-43-46-49-55(64)71-52-54(73-56(65)50-47-44-41-38-35-31-23-20-17-14-11-8-5-2)53-72-63-61(59(68)58(67)60(75-63)62(69)70)74-57(66)51-48-45-42-39-36-32-24-21-18-15-12-9-6-3/h7,9-12,14,16,18-21,23,25-26,28-29,32,36,42,45,54,58-61,63,67-68H,4-6,8,13,15,17,22,24,27,30-31,33-35,37-41,43-44,46-53H2,1-3H3,(H,69,70)/b10-7-,12-9-,14-11-,19-16-,21-18-,23-20-,26-25-,29-28-,36-32-,45-42-. The van der Waals surface area contributed by atoms with Crippen LogP contribution in [0.1, 0.15) is 201 Å². The Hall–Kier alpha value is -4.88. The van der Waals surface area contributed by atoms with Crippen LogP contribution in [0.3, 0.4) is 0 Å². The third kappa shape index (κ3) is 40.1. The molecule has 0 aromatic carbocycles. The molecule has 12 heteroatoms. The largest absolute Gasteiger partial charge is 0.479 e. The number of carbonyl (C=O) groups is 4. The normalized spacial score (nSPS) is 19.1. The van der Waals surface area contributed by atoms with Gasteiger partial charge in [-0.05, 0) is 109 Å². The molecule has 3 N–H and O–H groups in total. The summed E-state index contributed by atoms with van der Waals surface area (Å²) in [6.45, 7) is 5.61. The third-order valence-corrected chi connectivity index (χ3v) is 12.0. The lowest BCUT2D eigenvalue weighted by Gasteiger charge is -2.40. The molecule has 75 heavy (non-hydrogen) atoms. The summed E-state index contributed by atoms with van der Waals surface area (Å²) in [5.74, 6) is -3.28. The van der Waals surface area contributed by atoms with Crippen LogP contribution in [0.2, 0.25) is 0 Å². The van der Waals surface area contributed by atoms with Crippen molar-refractivity contribution in [3.63, 3.8) is 0 Å². The van der Waals surface area contributed by atoms with E-state index in [1.807, 2.05) is 18.2 Å². The molecule has 0 saturated carbocycles. The molecule has 1 aliphatic heterocycles. The van der Waals surface area contributed by atoms with Crippen molar-refractivity contribution in [1.29, 1.82) is 0 Å². The van der Waals surface area contributed by atoms with Crippen LogP contribution >= 0.6 is 0 Å². The van der Waals surface area contributed by atoms with E-state index in [1.165, 1.54) is 0 Å². The van der Waals surface area contributed by atoms with Crippen molar-refractivity contribution in [2.24, 2.45) is 0 Å². The lowest BCUT2D eigenvalue weighted by Crippen LogP contribution is -2.61.